The van der Waals surface area contributed by atoms with Crippen LogP contribution in [0.5, 0.6) is 0 Å². The first-order chi connectivity index (χ1) is 9.04. The molecule has 1 rings (SSSR count). The van der Waals surface area contributed by atoms with Crippen molar-refractivity contribution in [3.05, 3.63) is 22.4 Å². The number of guanidine groups is 1. The van der Waals surface area contributed by atoms with Gasteiger partial charge in [-0.2, -0.15) is 0 Å². The van der Waals surface area contributed by atoms with E-state index in [1.807, 2.05) is 6.92 Å². The summed E-state index contributed by atoms with van der Waals surface area (Å²) in [5.74, 6) is 0.466. The molecule has 19 heavy (non-hydrogen) atoms. The second-order valence-electron chi connectivity index (χ2n) is 4.72. The Labute approximate surface area is 119 Å². The molecule has 0 aliphatic rings. The summed E-state index contributed by atoms with van der Waals surface area (Å²) in [4.78, 5) is 7.87. The fraction of sp³-hybridized carbons (Fsp3) is 0.615. The average Bonchev–Trinajstić information content (AvgIpc) is 2.82. The molecule has 1 heterocycles. The summed E-state index contributed by atoms with van der Waals surface area (Å²) < 4.78 is 5.05. The van der Waals surface area contributed by atoms with E-state index in [1.165, 1.54) is 4.88 Å². The normalized spacial score (nSPS) is 15.5. The number of nitrogens with one attached hydrogen (secondary N) is 1. The first kappa shape index (κ1) is 15.9. The minimum absolute atomic E-state index is 0.160. The zero-order valence-electron chi connectivity index (χ0n) is 12.1. The Balaban J connectivity index is 2.56. The van der Waals surface area contributed by atoms with Gasteiger partial charge in [0.2, 0.25) is 0 Å². The van der Waals surface area contributed by atoms with Gasteiger partial charge in [-0.05, 0) is 32.5 Å². The summed E-state index contributed by atoms with van der Waals surface area (Å²) in [6.45, 7) is 3.26. The lowest BCUT2D eigenvalue weighted by molar-refractivity contribution is 0.179. The van der Waals surface area contributed by atoms with Crippen LogP contribution in [0.2, 0.25) is 0 Å². The van der Waals surface area contributed by atoms with Crippen molar-refractivity contribution >= 4 is 17.3 Å². The minimum atomic E-state index is 0.160. The van der Waals surface area contributed by atoms with E-state index in [-0.39, 0.29) is 12.1 Å². The van der Waals surface area contributed by atoms with Crippen molar-refractivity contribution in [2.75, 3.05) is 34.4 Å². The molecular weight excluding hydrogens is 260 g/mol. The lowest BCUT2D eigenvalue weighted by atomic mass is 10.2. The molecule has 0 saturated carbocycles. The van der Waals surface area contributed by atoms with Gasteiger partial charge in [0.05, 0.1) is 19.2 Å². The first-order valence-electron chi connectivity index (χ1n) is 6.29. The topological polar surface area (TPSA) is 62.9 Å². The van der Waals surface area contributed by atoms with Crippen LogP contribution in [0.3, 0.4) is 0 Å². The Morgan fingerprint density at radius 2 is 2.32 bits per heavy atom. The molecule has 0 amide bonds. The molecule has 5 nitrogen and oxygen atoms in total. The molecule has 6 heteroatoms. The summed E-state index contributed by atoms with van der Waals surface area (Å²) in [6, 6.07) is 4.61. The third-order valence-corrected chi connectivity index (χ3v) is 3.71. The largest absolute Gasteiger partial charge is 0.383 e. The van der Waals surface area contributed by atoms with Crippen LogP contribution in [0.1, 0.15) is 17.8 Å². The van der Waals surface area contributed by atoms with Crippen LogP contribution in [-0.2, 0) is 4.74 Å². The van der Waals surface area contributed by atoms with Crippen molar-refractivity contribution in [2.45, 2.75) is 19.0 Å². The highest BCUT2D eigenvalue weighted by atomic mass is 32.1. The molecular formula is C13H24N4OS. The number of methoxy groups -OCH3 is 1. The van der Waals surface area contributed by atoms with Crippen molar-refractivity contribution in [3.63, 3.8) is 0 Å². The van der Waals surface area contributed by atoms with Crippen LogP contribution in [0.25, 0.3) is 0 Å². The minimum Gasteiger partial charge on any atom is -0.383 e. The predicted octanol–water partition coefficient (Wildman–Crippen LogP) is 1.29. The molecule has 108 valence electrons. The monoisotopic (exact) mass is 284 g/mol. The number of likely N-dealkylation sites (N-methyl/N-ethyl adjacent to an activating group) is 1. The molecule has 0 aromatic carbocycles. The van der Waals surface area contributed by atoms with Gasteiger partial charge in [0, 0.05) is 18.0 Å². The van der Waals surface area contributed by atoms with E-state index < -0.39 is 0 Å². The molecule has 0 aliphatic carbocycles. The van der Waals surface area contributed by atoms with E-state index in [4.69, 9.17) is 10.5 Å². The lowest BCUT2D eigenvalue weighted by Crippen LogP contribution is -2.41. The van der Waals surface area contributed by atoms with Crippen LogP contribution in [0.15, 0.2) is 22.5 Å². The standard InChI is InChI=1S/C13H24N4OS/c1-10(9-18-4)16-13(14)15-8-11(17(2)3)12-6-5-7-19-12/h5-7,10-11H,8-9H2,1-4H3,(H3,14,15,16). The molecule has 1 aromatic heterocycles. The average molecular weight is 284 g/mol. The maximum atomic E-state index is 5.87. The van der Waals surface area contributed by atoms with Crippen molar-refractivity contribution in [1.82, 2.24) is 10.2 Å². The number of thiophene rings is 1. The van der Waals surface area contributed by atoms with Gasteiger partial charge in [-0.25, -0.2) is 0 Å². The molecule has 1 aromatic rings. The number of hydrogen-bond acceptors (Lipinski definition) is 4. The van der Waals surface area contributed by atoms with Crippen molar-refractivity contribution in [3.8, 4) is 0 Å². The highest BCUT2D eigenvalue weighted by molar-refractivity contribution is 7.10. The van der Waals surface area contributed by atoms with Crippen LogP contribution in [-0.4, -0.2) is 51.3 Å². The fourth-order valence-electron chi connectivity index (χ4n) is 1.76. The smallest absolute Gasteiger partial charge is 0.188 e. The van der Waals surface area contributed by atoms with E-state index in [2.05, 4.69) is 46.8 Å². The summed E-state index contributed by atoms with van der Waals surface area (Å²) in [6.07, 6.45) is 0. The van der Waals surface area contributed by atoms with Gasteiger partial charge in [0.15, 0.2) is 5.96 Å². The number of hydrogen-bond donors (Lipinski definition) is 2. The van der Waals surface area contributed by atoms with E-state index in [1.54, 1.807) is 18.4 Å². The van der Waals surface area contributed by atoms with Gasteiger partial charge in [-0.15, -0.1) is 11.3 Å². The summed E-state index contributed by atoms with van der Waals surface area (Å²) in [7, 11) is 5.78. The Kier molecular flexibility index (Phi) is 6.83. The highest BCUT2D eigenvalue weighted by Gasteiger charge is 2.14. The molecule has 0 saturated heterocycles. The van der Waals surface area contributed by atoms with Crippen LogP contribution < -0.4 is 11.1 Å². The van der Waals surface area contributed by atoms with Crippen LogP contribution in [0.4, 0.5) is 0 Å². The SMILES string of the molecule is COCC(C)NC(N)=NCC(c1cccs1)N(C)C. The van der Waals surface area contributed by atoms with Gasteiger partial charge in [-0.1, -0.05) is 6.07 Å². The maximum absolute atomic E-state index is 5.87. The van der Waals surface area contributed by atoms with Gasteiger partial charge in [-0.3, -0.25) is 4.99 Å². The Morgan fingerprint density at radius 3 is 2.84 bits per heavy atom. The van der Waals surface area contributed by atoms with Gasteiger partial charge >= 0.3 is 0 Å². The molecule has 0 bridgehead atoms. The number of ether oxygens (including phenoxy) is 1. The predicted molar refractivity (Wildman–Crippen MR) is 81.7 cm³/mol. The van der Waals surface area contributed by atoms with Gasteiger partial charge in [0.1, 0.15) is 0 Å². The summed E-state index contributed by atoms with van der Waals surface area (Å²) >= 11 is 1.74. The molecule has 2 atom stereocenters. The van der Waals surface area contributed by atoms with E-state index in [0.29, 0.717) is 19.1 Å². The number of aliphatic imine (C=N–C) groups is 1. The summed E-state index contributed by atoms with van der Waals surface area (Å²) in [5, 5.41) is 5.19. The molecule has 3 N–H and O–H groups in total. The Bertz CT molecular complexity index is 378. The fourth-order valence-corrected chi connectivity index (χ4v) is 2.68. The lowest BCUT2D eigenvalue weighted by Gasteiger charge is -2.22. The van der Waals surface area contributed by atoms with Crippen molar-refractivity contribution in [2.24, 2.45) is 10.7 Å². The Hall–Kier alpha value is -1.11. The number of nitrogens with two attached hydrogens (primary N) is 1. The van der Waals surface area contributed by atoms with E-state index >= 15 is 0 Å². The quantitative estimate of drug-likeness (QED) is 0.585. The van der Waals surface area contributed by atoms with Crippen LogP contribution in [0, 0.1) is 0 Å². The molecule has 0 spiro atoms. The van der Waals surface area contributed by atoms with Crippen molar-refractivity contribution in [1.29, 1.82) is 0 Å². The zero-order valence-corrected chi connectivity index (χ0v) is 12.9. The Morgan fingerprint density at radius 1 is 1.58 bits per heavy atom. The second-order valence-corrected chi connectivity index (χ2v) is 5.70. The molecule has 0 fully saturated rings. The van der Waals surface area contributed by atoms with Gasteiger partial charge < -0.3 is 20.7 Å². The van der Waals surface area contributed by atoms with Crippen LogP contribution >= 0.6 is 11.3 Å². The maximum Gasteiger partial charge on any atom is 0.188 e. The van der Waals surface area contributed by atoms with Gasteiger partial charge in [0.25, 0.3) is 0 Å². The molecule has 2 unspecified atom stereocenters. The van der Waals surface area contributed by atoms with E-state index in [9.17, 15) is 0 Å². The third kappa shape index (κ3) is 5.59. The zero-order chi connectivity index (χ0) is 14.3. The first-order valence-corrected chi connectivity index (χ1v) is 7.17. The third-order valence-electron chi connectivity index (χ3n) is 2.74. The molecule has 0 radical (unpaired) electrons. The number of nitrogens with zero attached hydrogens (tertiary/aromatic N) is 2. The number of rotatable bonds is 7. The van der Waals surface area contributed by atoms with E-state index in [0.717, 1.165) is 0 Å². The van der Waals surface area contributed by atoms with Crippen molar-refractivity contribution < 1.29 is 4.74 Å². The second kappa shape index (κ2) is 8.14. The summed E-state index contributed by atoms with van der Waals surface area (Å²) in [5.41, 5.74) is 5.87. The molecule has 0 aliphatic heterocycles. The highest BCUT2D eigenvalue weighted by Crippen LogP contribution is 2.23.